The molecule has 1 saturated carbocycles. The lowest BCUT2D eigenvalue weighted by molar-refractivity contribution is 0.400. The van der Waals surface area contributed by atoms with E-state index in [2.05, 4.69) is 4.98 Å². The Hall–Kier alpha value is -1.84. The molecule has 0 unspecified atom stereocenters. The van der Waals surface area contributed by atoms with Crippen LogP contribution < -0.4 is 5.73 Å². The summed E-state index contributed by atoms with van der Waals surface area (Å²) in [6.45, 7) is 0. The fourth-order valence-corrected chi connectivity index (χ4v) is 2.24. The van der Waals surface area contributed by atoms with Crippen molar-refractivity contribution in [3.05, 3.63) is 35.9 Å². The fraction of sp³-hybridized carbons (Fsp3) is 0.333. The van der Waals surface area contributed by atoms with Crippen molar-refractivity contribution in [2.24, 2.45) is 5.73 Å². The molecule has 3 rings (SSSR count). The van der Waals surface area contributed by atoms with E-state index in [4.69, 9.17) is 11.1 Å². The Morgan fingerprint density at radius 2 is 2.25 bits per heavy atom. The smallest absolute Gasteiger partial charge is 0.140 e. The summed E-state index contributed by atoms with van der Waals surface area (Å²) in [5.74, 6) is 1.71. The molecule has 0 saturated heterocycles. The minimum absolute atomic E-state index is 0.101. The number of nitrogens with one attached hydrogen (secondary N) is 1. The van der Waals surface area contributed by atoms with Gasteiger partial charge in [0.15, 0.2) is 0 Å². The molecule has 2 heterocycles. The van der Waals surface area contributed by atoms with Crippen LogP contribution in [0.4, 0.5) is 0 Å². The molecule has 2 aromatic rings. The highest BCUT2D eigenvalue weighted by Gasteiger charge is 2.24. The second-order valence-corrected chi connectivity index (χ2v) is 4.33. The number of nitrogens with zero attached hydrogens (tertiary/aromatic N) is 2. The van der Waals surface area contributed by atoms with Crippen molar-refractivity contribution in [2.75, 3.05) is 0 Å². The van der Waals surface area contributed by atoms with Crippen molar-refractivity contribution in [1.29, 1.82) is 5.41 Å². The van der Waals surface area contributed by atoms with Crippen molar-refractivity contribution in [3.63, 3.8) is 0 Å². The lowest BCUT2D eigenvalue weighted by Crippen LogP contribution is -2.19. The Bertz CT molecular complexity index is 551. The molecule has 0 bridgehead atoms. The number of pyridine rings is 1. The van der Waals surface area contributed by atoms with Gasteiger partial charge in [0, 0.05) is 5.92 Å². The number of hydrogen-bond donors (Lipinski definition) is 2. The highest BCUT2D eigenvalue weighted by Crippen LogP contribution is 2.36. The molecule has 0 amide bonds. The molecule has 4 nitrogen and oxygen atoms in total. The van der Waals surface area contributed by atoms with E-state index in [1.54, 1.807) is 0 Å². The fourth-order valence-electron chi connectivity index (χ4n) is 2.24. The lowest BCUT2D eigenvalue weighted by atomic mass is 9.85. The molecule has 82 valence electrons. The van der Waals surface area contributed by atoms with Crippen LogP contribution in [0.5, 0.6) is 0 Å². The monoisotopic (exact) mass is 214 g/mol. The molecular weight excluding hydrogens is 200 g/mol. The first-order valence-corrected chi connectivity index (χ1v) is 5.58. The van der Waals surface area contributed by atoms with E-state index in [0.29, 0.717) is 5.92 Å². The molecular formula is C12H14N4. The van der Waals surface area contributed by atoms with Crippen molar-refractivity contribution in [1.82, 2.24) is 9.38 Å². The summed E-state index contributed by atoms with van der Waals surface area (Å²) in [4.78, 5) is 4.47. The van der Waals surface area contributed by atoms with E-state index in [0.717, 1.165) is 17.0 Å². The number of imidazole rings is 1. The average molecular weight is 214 g/mol. The van der Waals surface area contributed by atoms with Crippen molar-refractivity contribution >= 4 is 11.4 Å². The summed E-state index contributed by atoms with van der Waals surface area (Å²) >= 11 is 0. The van der Waals surface area contributed by atoms with Crippen LogP contribution in [0.15, 0.2) is 24.4 Å². The van der Waals surface area contributed by atoms with E-state index in [9.17, 15) is 0 Å². The van der Waals surface area contributed by atoms with Gasteiger partial charge in [0.2, 0.25) is 0 Å². The molecule has 3 N–H and O–H groups in total. The first kappa shape index (κ1) is 9.39. The third kappa shape index (κ3) is 1.23. The molecule has 0 atom stereocenters. The van der Waals surface area contributed by atoms with Crippen molar-refractivity contribution in [2.45, 2.75) is 25.2 Å². The van der Waals surface area contributed by atoms with Crippen LogP contribution in [0.1, 0.15) is 36.7 Å². The maximum absolute atomic E-state index is 7.60. The maximum atomic E-state index is 7.60. The largest absolute Gasteiger partial charge is 0.382 e. The van der Waals surface area contributed by atoms with Gasteiger partial charge in [0.05, 0.1) is 17.4 Å². The number of aromatic nitrogens is 2. The van der Waals surface area contributed by atoms with Crippen LogP contribution in [-0.4, -0.2) is 15.2 Å². The molecule has 0 aromatic carbocycles. The predicted molar refractivity (Wildman–Crippen MR) is 62.8 cm³/mol. The second kappa shape index (κ2) is 3.33. The first-order valence-electron chi connectivity index (χ1n) is 5.58. The molecule has 4 heteroatoms. The quantitative estimate of drug-likeness (QED) is 0.592. The van der Waals surface area contributed by atoms with Gasteiger partial charge in [0.25, 0.3) is 0 Å². The van der Waals surface area contributed by atoms with Gasteiger partial charge in [-0.25, -0.2) is 4.98 Å². The van der Waals surface area contributed by atoms with Crippen molar-refractivity contribution < 1.29 is 0 Å². The maximum Gasteiger partial charge on any atom is 0.140 e. The van der Waals surface area contributed by atoms with Crippen LogP contribution in [0, 0.1) is 5.41 Å². The van der Waals surface area contributed by atoms with Crippen LogP contribution >= 0.6 is 0 Å². The average Bonchev–Trinajstić information content (AvgIpc) is 2.59. The number of hydrogen-bond acceptors (Lipinski definition) is 2. The predicted octanol–water partition coefficient (Wildman–Crippen LogP) is 1.89. The van der Waals surface area contributed by atoms with Crippen LogP contribution in [0.25, 0.3) is 5.52 Å². The molecule has 0 aliphatic heterocycles. The van der Waals surface area contributed by atoms with Crippen LogP contribution in [-0.2, 0) is 0 Å². The summed E-state index contributed by atoms with van der Waals surface area (Å²) in [5.41, 5.74) is 7.37. The van der Waals surface area contributed by atoms with E-state index >= 15 is 0 Å². The highest BCUT2D eigenvalue weighted by molar-refractivity contribution is 5.94. The van der Waals surface area contributed by atoms with E-state index in [-0.39, 0.29) is 5.84 Å². The Morgan fingerprint density at radius 3 is 2.88 bits per heavy atom. The van der Waals surface area contributed by atoms with Gasteiger partial charge in [-0.2, -0.15) is 0 Å². The van der Waals surface area contributed by atoms with Gasteiger partial charge < -0.3 is 5.73 Å². The third-order valence-corrected chi connectivity index (χ3v) is 3.32. The Labute approximate surface area is 93.6 Å². The number of nitrogens with two attached hydrogens (primary N) is 1. The minimum atomic E-state index is 0.101. The zero-order valence-corrected chi connectivity index (χ0v) is 8.98. The normalized spacial score (nSPS) is 16.2. The number of fused-ring (bicyclic) bond motifs is 1. The summed E-state index contributed by atoms with van der Waals surface area (Å²) < 4.78 is 2.02. The van der Waals surface area contributed by atoms with Gasteiger partial charge in [-0.15, -0.1) is 0 Å². The SMILES string of the molecule is N=C(N)c1cccc2cnc(C3CCC3)n12. The molecule has 0 radical (unpaired) electrons. The number of nitrogen functional groups attached to an aromatic ring is 1. The number of amidine groups is 1. The summed E-state index contributed by atoms with van der Waals surface area (Å²) in [5, 5.41) is 7.60. The van der Waals surface area contributed by atoms with E-state index < -0.39 is 0 Å². The van der Waals surface area contributed by atoms with Crippen molar-refractivity contribution in [3.8, 4) is 0 Å². The van der Waals surface area contributed by atoms with Gasteiger partial charge in [-0.1, -0.05) is 12.5 Å². The Morgan fingerprint density at radius 1 is 1.44 bits per heavy atom. The summed E-state index contributed by atoms with van der Waals surface area (Å²) in [7, 11) is 0. The van der Waals surface area contributed by atoms with Crippen LogP contribution in [0.3, 0.4) is 0 Å². The van der Waals surface area contributed by atoms with Gasteiger partial charge in [-0.3, -0.25) is 9.81 Å². The molecule has 1 aliphatic rings. The molecule has 2 aromatic heterocycles. The number of rotatable bonds is 2. The van der Waals surface area contributed by atoms with E-state index in [1.807, 2.05) is 28.8 Å². The van der Waals surface area contributed by atoms with Crippen LogP contribution in [0.2, 0.25) is 0 Å². The van der Waals surface area contributed by atoms with E-state index in [1.165, 1.54) is 19.3 Å². The summed E-state index contributed by atoms with van der Waals surface area (Å²) in [6, 6.07) is 5.79. The molecule has 1 fully saturated rings. The van der Waals surface area contributed by atoms with Gasteiger partial charge in [0.1, 0.15) is 11.7 Å². The first-order chi connectivity index (χ1) is 7.77. The van der Waals surface area contributed by atoms with Gasteiger partial charge in [-0.05, 0) is 25.0 Å². The Kier molecular flexibility index (Phi) is 1.96. The lowest BCUT2D eigenvalue weighted by Gasteiger charge is -2.24. The Balaban J connectivity index is 2.25. The standard InChI is InChI=1S/C12H14N4/c13-11(14)10-6-2-5-9-7-15-12(16(9)10)8-3-1-4-8/h2,5-8H,1,3-4H2,(H3,13,14). The molecule has 1 aliphatic carbocycles. The summed E-state index contributed by atoms with van der Waals surface area (Å²) in [6.07, 6.45) is 5.54. The molecule has 16 heavy (non-hydrogen) atoms. The zero-order chi connectivity index (χ0) is 11.1. The topological polar surface area (TPSA) is 67.2 Å². The second-order valence-electron chi connectivity index (χ2n) is 4.33. The third-order valence-electron chi connectivity index (χ3n) is 3.32. The zero-order valence-electron chi connectivity index (χ0n) is 8.98. The molecule has 0 spiro atoms. The minimum Gasteiger partial charge on any atom is -0.382 e. The highest BCUT2D eigenvalue weighted by atomic mass is 15.0. The van der Waals surface area contributed by atoms with Gasteiger partial charge >= 0.3 is 0 Å².